The second kappa shape index (κ2) is 4.14. The van der Waals surface area contributed by atoms with Crippen molar-refractivity contribution in [3.8, 4) is 17.0 Å². The van der Waals surface area contributed by atoms with Crippen LogP contribution in [0.5, 0.6) is 5.75 Å². The van der Waals surface area contributed by atoms with E-state index in [0.717, 1.165) is 17.0 Å². The molecule has 0 aliphatic heterocycles. The van der Waals surface area contributed by atoms with Crippen molar-refractivity contribution in [2.45, 2.75) is 13.8 Å². The molecular weight excluding hydrogens is 220 g/mol. The zero-order valence-electron chi connectivity index (χ0n) is 9.55. The Labute approximate surface area is 99.5 Å². The van der Waals surface area contributed by atoms with Gasteiger partial charge in [0.05, 0.1) is 12.8 Å². The Hall–Kier alpha value is -1.55. The second-order valence-electron chi connectivity index (χ2n) is 3.79. The van der Waals surface area contributed by atoms with Crippen molar-refractivity contribution in [1.82, 2.24) is 9.97 Å². The maximum atomic E-state index is 5.38. The van der Waals surface area contributed by atoms with Crippen LogP contribution in [0.1, 0.15) is 11.1 Å². The first-order valence-corrected chi connectivity index (χ1v) is 5.46. The first-order chi connectivity index (χ1) is 7.61. The van der Waals surface area contributed by atoms with Crippen LogP contribution < -0.4 is 4.74 Å². The van der Waals surface area contributed by atoms with E-state index in [9.17, 15) is 0 Å². The van der Waals surface area contributed by atoms with Gasteiger partial charge in [-0.2, -0.15) is 0 Å². The van der Waals surface area contributed by atoms with Crippen LogP contribution in [-0.2, 0) is 0 Å². The fourth-order valence-electron chi connectivity index (χ4n) is 1.65. The standard InChI is InChI=1S/C12H14N2OS/c1-7-4-9(10-6-13-12(16)14-10)11(15-3)5-8(7)2/h4-6H,1-3H3,(H2,13,14,16). The molecule has 3 nitrogen and oxygen atoms in total. The molecule has 0 spiro atoms. The van der Waals surface area contributed by atoms with Crippen LogP contribution in [0.15, 0.2) is 18.3 Å². The first kappa shape index (κ1) is 11.0. The molecule has 1 aromatic heterocycles. The molecule has 0 aliphatic rings. The zero-order chi connectivity index (χ0) is 11.7. The number of hydrogen-bond acceptors (Lipinski definition) is 2. The fraction of sp³-hybridized carbons (Fsp3) is 0.250. The highest BCUT2D eigenvalue weighted by molar-refractivity contribution is 7.71. The van der Waals surface area contributed by atoms with Gasteiger partial charge in [0.15, 0.2) is 4.77 Å². The number of nitrogens with one attached hydrogen (secondary N) is 2. The smallest absolute Gasteiger partial charge is 0.174 e. The van der Waals surface area contributed by atoms with Gasteiger partial charge in [0.1, 0.15) is 5.75 Å². The minimum absolute atomic E-state index is 0.621. The molecular formula is C12H14N2OS. The molecule has 0 unspecified atom stereocenters. The van der Waals surface area contributed by atoms with E-state index in [1.54, 1.807) is 7.11 Å². The molecule has 0 saturated carbocycles. The Morgan fingerprint density at radius 1 is 1.19 bits per heavy atom. The average molecular weight is 234 g/mol. The zero-order valence-corrected chi connectivity index (χ0v) is 10.4. The third kappa shape index (κ3) is 1.88. The van der Waals surface area contributed by atoms with Gasteiger partial charge in [-0.05, 0) is 49.3 Å². The molecule has 0 atom stereocenters. The molecule has 0 fully saturated rings. The summed E-state index contributed by atoms with van der Waals surface area (Å²) in [6.07, 6.45) is 1.86. The number of aromatic amines is 2. The summed E-state index contributed by atoms with van der Waals surface area (Å²) in [4.78, 5) is 6.05. The van der Waals surface area contributed by atoms with Crippen molar-refractivity contribution < 1.29 is 4.74 Å². The monoisotopic (exact) mass is 234 g/mol. The van der Waals surface area contributed by atoms with Crippen molar-refractivity contribution in [1.29, 1.82) is 0 Å². The summed E-state index contributed by atoms with van der Waals surface area (Å²) in [5.74, 6) is 0.855. The third-order valence-electron chi connectivity index (χ3n) is 2.70. The summed E-state index contributed by atoms with van der Waals surface area (Å²) in [7, 11) is 1.68. The summed E-state index contributed by atoms with van der Waals surface area (Å²) in [6, 6.07) is 4.14. The minimum Gasteiger partial charge on any atom is -0.496 e. The van der Waals surface area contributed by atoms with Gasteiger partial charge in [-0.25, -0.2) is 0 Å². The van der Waals surface area contributed by atoms with Crippen LogP contribution in [0.3, 0.4) is 0 Å². The highest BCUT2D eigenvalue weighted by Gasteiger charge is 2.09. The van der Waals surface area contributed by atoms with Gasteiger partial charge in [-0.1, -0.05) is 0 Å². The molecule has 84 valence electrons. The van der Waals surface area contributed by atoms with E-state index in [1.165, 1.54) is 11.1 Å². The van der Waals surface area contributed by atoms with E-state index in [2.05, 4.69) is 29.9 Å². The van der Waals surface area contributed by atoms with Gasteiger partial charge in [0.2, 0.25) is 0 Å². The molecule has 4 heteroatoms. The van der Waals surface area contributed by atoms with Gasteiger partial charge < -0.3 is 14.7 Å². The number of imidazole rings is 1. The molecule has 1 aromatic carbocycles. The largest absolute Gasteiger partial charge is 0.496 e. The third-order valence-corrected chi connectivity index (χ3v) is 2.92. The number of ether oxygens (including phenoxy) is 1. The quantitative estimate of drug-likeness (QED) is 0.782. The normalized spacial score (nSPS) is 10.4. The fourth-order valence-corrected chi connectivity index (χ4v) is 1.82. The first-order valence-electron chi connectivity index (χ1n) is 5.05. The van der Waals surface area contributed by atoms with Crippen LogP contribution in [0.4, 0.5) is 0 Å². The Morgan fingerprint density at radius 3 is 2.44 bits per heavy atom. The lowest BCUT2D eigenvalue weighted by Gasteiger charge is -2.10. The van der Waals surface area contributed by atoms with E-state index in [4.69, 9.17) is 17.0 Å². The SMILES string of the molecule is COc1cc(C)c(C)cc1-c1c[nH]c(=S)[nH]1. The number of methoxy groups -OCH3 is 1. The summed E-state index contributed by atoms with van der Waals surface area (Å²) in [5.41, 5.74) is 4.42. The molecule has 2 N–H and O–H groups in total. The number of rotatable bonds is 2. The summed E-state index contributed by atoms with van der Waals surface area (Å²) in [6.45, 7) is 4.15. The lowest BCUT2D eigenvalue weighted by molar-refractivity contribution is 0.416. The molecule has 0 bridgehead atoms. The van der Waals surface area contributed by atoms with E-state index in [-0.39, 0.29) is 0 Å². The summed E-state index contributed by atoms with van der Waals surface area (Å²) in [5, 5.41) is 0. The van der Waals surface area contributed by atoms with E-state index in [1.807, 2.05) is 12.3 Å². The molecule has 0 aliphatic carbocycles. The predicted molar refractivity (Wildman–Crippen MR) is 67.4 cm³/mol. The lowest BCUT2D eigenvalue weighted by Crippen LogP contribution is -1.91. The van der Waals surface area contributed by atoms with Crippen molar-refractivity contribution >= 4 is 12.2 Å². The van der Waals surface area contributed by atoms with Gasteiger partial charge in [0.25, 0.3) is 0 Å². The number of hydrogen-bond donors (Lipinski definition) is 2. The van der Waals surface area contributed by atoms with Crippen LogP contribution in [-0.4, -0.2) is 17.1 Å². The average Bonchev–Trinajstić information content (AvgIpc) is 2.68. The number of H-pyrrole nitrogens is 2. The maximum Gasteiger partial charge on any atom is 0.174 e. The van der Waals surface area contributed by atoms with Crippen LogP contribution in [0.2, 0.25) is 0 Å². The van der Waals surface area contributed by atoms with Crippen molar-refractivity contribution in [2.75, 3.05) is 7.11 Å². The molecule has 0 saturated heterocycles. The molecule has 0 amide bonds. The highest BCUT2D eigenvalue weighted by Crippen LogP contribution is 2.31. The minimum atomic E-state index is 0.621. The molecule has 2 rings (SSSR count). The molecule has 1 heterocycles. The van der Waals surface area contributed by atoms with Crippen LogP contribution >= 0.6 is 12.2 Å². The summed E-state index contributed by atoms with van der Waals surface area (Å²) >= 11 is 5.02. The van der Waals surface area contributed by atoms with E-state index >= 15 is 0 Å². The van der Waals surface area contributed by atoms with Gasteiger partial charge in [0, 0.05) is 11.8 Å². The second-order valence-corrected chi connectivity index (χ2v) is 4.20. The Bertz CT molecular complexity index is 569. The Morgan fingerprint density at radius 2 is 1.88 bits per heavy atom. The maximum absolute atomic E-state index is 5.38. The van der Waals surface area contributed by atoms with Crippen LogP contribution in [0, 0.1) is 18.6 Å². The highest BCUT2D eigenvalue weighted by atomic mass is 32.1. The summed E-state index contributed by atoms with van der Waals surface area (Å²) < 4.78 is 6.00. The van der Waals surface area contributed by atoms with Gasteiger partial charge >= 0.3 is 0 Å². The van der Waals surface area contributed by atoms with Gasteiger partial charge in [-0.15, -0.1) is 0 Å². The predicted octanol–water partition coefficient (Wildman–Crippen LogP) is 3.36. The Balaban J connectivity index is 2.63. The topological polar surface area (TPSA) is 40.8 Å². The molecule has 16 heavy (non-hydrogen) atoms. The van der Waals surface area contributed by atoms with E-state index < -0.39 is 0 Å². The molecule has 0 radical (unpaired) electrons. The molecule has 2 aromatic rings. The number of aromatic nitrogens is 2. The van der Waals surface area contributed by atoms with Crippen molar-refractivity contribution in [2.24, 2.45) is 0 Å². The number of benzene rings is 1. The van der Waals surface area contributed by atoms with Gasteiger partial charge in [-0.3, -0.25) is 0 Å². The number of aryl methyl sites for hydroxylation is 2. The van der Waals surface area contributed by atoms with Crippen molar-refractivity contribution in [3.63, 3.8) is 0 Å². The van der Waals surface area contributed by atoms with Crippen molar-refractivity contribution in [3.05, 3.63) is 34.2 Å². The van der Waals surface area contributed by atoms with Crippen LogP contribution in [0.25, 0.3) is 11.3 Å². The van der Waals surface area contributed by atoms with E-state index in [0.29, 0.717) is 4.77 Å². The lowest BCUT2D eigenvalue weighted by atomic mass is 10.0. The Kier molecular flexibility index (Phi) is 2.83.